The van der Waals surface area contributed by atoms with Crippen molar-refractivity contribution in [1.29, 1.82) is 0 Å². The van der Waals surface area contributed by atoms with Crippen LogP contribution in [0.2, 0.25) is 10.0 Å². The predicted molar refractivity (Wildman–Crippen MR) is 115 cm³/mol. The second kappa shape index (κ2) is 8.78. The van der Waals surface area contributed by atoms with Gasteiger partial charge in [0.2, 0.25) is 0 Å². The number of ether oxygens (including phenoxy) is 1. The number of benzene rings is 2. The highest BCUT2D eigenvalue weighted by molar-refractivity contribution is 8.00. The van der Waals surface area contributed by atoms with Crippen molar-refractivity contribution in [3.63, 3.8) is 0 Å². The fraction of sp³-hybridized carbons (Fsp3) is 0.286. The van der Waals surface area contributed by atoms with Gasteiger partial charge in [-0.1, -0.05) is 59.2 Å². The quantitative estimate of drug-likeness (QED) is 0.319. The zero-order valence-electron chi connectivity index (χ0n) is 15.7. The molecule has 0 spiro atoms. The van der Waals surface area contributed by atoms with Gasteiger partial charge in [-0.05, 0) is 44.0 Å². The lowest BCUT2D eigenvalue weighted by atomic mass is 10.1. The standard InChI is InChI=1S/C21H19Cl2N3O2S/c1-13(20(27)14-5-4-6-15(22)11-14)29-21-25-24-19(26(21)16-9-10-16)12-28-18-8-3-2-7-17(18)23/h2-8,11,13,16H,9-10,12H2,1H3/t13-/m1/s1. The number of ketones is 1. The van der Waals surface area contributed by atoms with Crippen LogP contribution in [-0.4, -0.2) is 25.8 Å². The first-order valence-electron chi connectivity index (χ1n) is 9.30. The summed E-state index contributed by atoms with van der Waals surface area (Å²) in [7, 11) is 0. The number of hydrogen-bond acceptors (Lipinski definition) is 5. The van der Waals surface area contributed by atoms with Crippen molar-refractivity contribution in [1.82, 2.24) is 14.8 Å². The second-order valence-corrected chi connectivity index (χ2v) is 9.01. The van der Waals surface area contributed by atoms with E-state index in [1.807, 2.05) is 25.1 Å². The molecule has 2 aromatic carbocycles. The maximum Gasteiger partial charge on any atom is 0.192 e. The highest BCUT2D eigenvalue weighted by Crippen LogP contribution is 2.40. The molecule has 0 amide bonds. The lowest BCUT2D eigenvalue weighted by Crippen LogP contribution is -2.15. The van der Waals surface area contributed by atoms with E-state index in [2.05, 4.69) is 14.8 Å². The lowest BCUT2D eigenvalue weighted by molar-refractivity contribution is 0.0994. The van der Waals surface area contributed by atoms with Gasteiger partial charge < -0.3 is 4.74 Å². The minimum Gasteiger partial charge on any atom is -0.484 e. The molecular weight excluding hydrogens is 429 g/mol. The van der Waals surface area contributed by atoms with E-state index in [4.69, 9.17) is 27.9 Å². The Labute approximate surface area is 183 Å². The van der Waals surface area contributed by atoms with E-state index in [1.54, 1.807) is 30.3 Å². The Morgan fingerprint density at radius 3 is 2.72 bits per heavy atom. The lowest BCUT2D eigenvalue weighted by Gasteiger charge is -2.13. The number of carbonyl (C=O) groups is 1. The SMILES string of the molecule is C[C@@H](Sc1nnc(COc2ccccc2Cl)n1C1CC1)C(=O)c1cccc(Cl)c1. The molecule has 1 heterocycles. The van der Waals surface area contributed by atoms with E-state index in [-0.39, 0.29) is 17.6 Å². The van der Waals surface area contributed by atoms with E-state index in [0.717, 1.165) is 23.8 Å². The Bertz CT molecular complexity index is 1040. The van der Waals surface area contributed by atoms with Crippen molar-refractivity contribution in [3.05, 3.63) is 70.0 Å². The maximum absolute atomic E-state index is 12.8. The molecule has 3 aromatic rings. The molecule has 150 valence electrons. The van der Waals surface area contributed by atoms with Crippen LogP contribution in [0.15, 0.2) is 53.7 Å². The second-order valence-electron chi connectivity index (χ2n) is 6.85. The number of nitrogens with zero attached hydrogens (tertiary/aromatic N) is 3. The summed E-state index contributed by atoms with van der Waals surface area (Å²) in [6, 6.07) is 14.7. The van der Waals surface area contributed by atoms with Gasteiger partial charge >= 0.3 is 0 Å². The fourth-order valence-electron chi connectivity index (χ4n) is 2.98. The topological polar surface area (TPSA) is 57.0 Å². The zero-order valence-corrected chi connectivity index (χ0v) is 18.0. The summed E-state index contributed by atoms with van der Waals surface area (Å²) < 4.78 is 7.93. The number of halogens is 2. The number of thioether (sulfide) groups is 1. The molecule has 0 aliphatic heterocycles. The van der Waals surface area contributed by atoms with Crippen LogP contribution >= 0.6 is 35.0 Å². The largest absolute Gasteiger partial charge is 0.484 e. The third-order valence-corrected chi connectivity index (χ3v) is 6.21. The summed E-state index contributed by atoms with van der Waals surface area (Å²) in [4.78, 5) is 12.8. The molecule has 0 unspecified atom stereocenters. The summed E-state index contributed by atoms with van der Waals surface area (Å²) in [5.74, 6) is 1.35. The van der Waals surface area contributed by atoms with E-state index >= 15 is 0 Å². The average Bonchev–Trinajstić information content (AvgIpc) is 3.48. The normalized spacial score (nSPS) is 14.6. The molecule has 0 N–H and O–H groups in total. The first-order valence-corrected chi connectivity index (χ1v) is 10.9. The monoisotopic (exact) mass is 447 g/mol. The van der Waals surface area contributed by atoms with Gasteiger partial charge in [-0.2, -0.15) is 0 Å². The Kier molecular flexibility index (Phi) is 6.13. The van der Waals surface area contributed by atoms with Crippen LogP contribution in [0.3, 0.4) is 0 Å². The van der Waals surface area contributed by atoms with E-state index in [9.17, 15) is 4.79 Å². The molecule has 8 heteroatoms. The highest BCUT2D eigenvalue weighted by atomic mass is 35.5. The van der Waals surface area contributed by atoms with Crippen molar-refractivity contribution in [2.24, 2.45) is 0 Å². The number of para-hydroxylation sites is 1. The average molecular weight is 448 g/mol. The number of Topliss-reactive ketones (excluding diaryl/α,β-unsaturated/α-hetero) is 1. The van der Waals surface area contributed by atoms with E-state index in [0.29, 0.717) is 27.4 Å². The van der Waals surface area contributed by atoms with Crippen LogP contribution in [0.25, 0.3) is 0 Å². The van der Waals surface area contributed by atoms with Gasteiger partial charge in [-0.3, -0.25) is 9.36 Å². The molecule has 1 saturated carbocycles. The van der Waals surface area contributed by atoms with Gasteiger partial charge in [0.1, 0.15) is 12.4 Å². The molecule has 1 aliphatic rings. The number of carbonyl (C=O) groups excluding carboxylic acids is 1. The fourth-order valence-corrected chi connectivity index (χ4v) is 4.37. The predicted octanol–water partition coefficient (Wildman–Crippen LogP) is 5.86. The molecule has 4 rings (SSSR count). The summed E-state index contributed by atoms with van der Waals surface area (Å²) in [5, 5.41) is 10.2. The first kappa shape index (κ1) is 20.3. The molecule has 1 atom stereocenters. The van der Waals surface area contributed by atoms with Gasteiger partial charge in [0.05, 0.1) is 10.3 Å². The molecule has 1 aliphatic carbocycles. The molecule has 0 bridgehead atoms. The van der Waals surface area contributed by atoms with Crippen LogP contribution in [0.5, 0.6) is 5.75 Å². The van der Waals surface area contributed by atoms with Crippen molar-refractivity contribution >= 4 is 40.7 Å². The van der Waals surface area contributed by atoms with Crippen LogP contribution < -0.4 is 4.74 Å². The molecular formula is C21H19Cl2N3O2S. The van der Waals surface area contributed by atoms with Crippen molar-refractivity contribution in [2.45, 2.75) is 42.8 Å². The van der Waals surface area contributed by atoms with Gasteiger partial charge in [-0.25, -0.2) is 0 Å². The summed E-state index contributed by atoms with van der Waals surface area (Å²) in [5.41, 5.74) is 0.595. The third-order valence-electron chi connectivity index (χ3n) is 4.60. The molecule has 0 radical (unpaired) electrons. The third kappa shape index (κ3) is 4.77. The van der Waals surface area contributed by atoms with Crippen molar-refractivity contribution in [3.8, 4) is 5.75 Å². The van der Waals surface area contributed by atoms with Gasteiger partial charge in [-0.15, -0.1) is 10.2 Å². The number of rotatable bonds is 8. The maximum atomic E-state index is 12.8. The molecule has 5 nitrogen and oxygen atoms in total. The summed E-state index contributed by atoms with van der Waals surface area (Å²) >= 11 is 13.6. The van der Waals surface area contributed by atoms with Crippen LogP contribution in [0, 0.1) is 0 Å². The zero-order chi connectivity index (χ0) is 20.4. The molecule has 29 heavy (non-hydrogen) atoms. The Morgan fingerprint density at radius 1 is 1.21 bits per heavy atom. The van der Waals surface area contributed by atoms with Crippen LogP contribution in [0.1, 0.15) is 42.0 Å². The minimum atomic E-state index is -0.312. The van der Waals surface area contributed by atoms with E-state index < -0.39 is 0 Å². The van der Waals surface area contributed by atoms with Crippen molar-refractivity contribution in [2.75, 3.05) is 0 Å². The highest BCUT2D eigenvalue weighted by Gasteiger charge is 2.31. The Hall–Kier alpha value is -2.02. The Balaban J connectivity index is 1.49. The molecule has 1 aromatic heterocycles. The van der Waals surface area contributed by atoms with Crippen molar-refractivity contribution < 1.29 is 9.53 Å². The smallest absolute Gasteiger partial charge is 0.192 e. The van der Waals surface area contributed by atoms with Crippen LogP contribution in [-0.2, 0) is 6.61 Å². The van der Waals surface area contributed by atoms with Gasteiger partial charge in [0.25, 0.3) is 0 Å². The minimum absolute atomic E-state index is 0.0108. The van der Waals surface area contributed by atoms with Gasteiger partial charge in [0, 0.05) is 16.6 Å². The number of hydrogen-bond donors (Lipinski definition) is 0. The van der Waals surface area contributed by atoms with E-state index in [1.165, 1.54) is 11.8 Å². The first-order chi connectivity index (χ1) is 14.0. The summed E-state index contributed by atoms with van der Waals surface area (Å²) in [6.45, 7) is 2.14. The number of aromatic nitrogens is 3. The summed E-state index contributed by atoms with van der Waals surface area (Å²) in [6.07, 6.45) is 2.14. The van der Waals surface area contributed by atoms with Crippen LogP contribution in [0.4, 0.5) is 0 Å². The molecule has 1 fully saturated rings. The Morgan fingerprint density at radius 2 is 2.00 bits per heavy atom. The molecule has 0 saturated heterocycles. The van der Waals surface area contributed by atoms with Gasteiger partial charge in [0.15, 0.2) is 16.8 Å².